The van der Waals surface area contributed by atoms with Crippen LogP contribution in [0.15, 0.2) is 54.4 Å². The number of methoxy groups -OCH3 is 1. The molecule has 0 radical (unpaired) electrons. The molecule has 0 aliphatic carbocycles. The Kier molecular flexibility index (Phi) is 6.51. The van der Waals surface area contributed by atoms with Crippen molar-refractivity contribution in [2.45, 2.75) is 25.3 Å². The Morgan fingerprint density at radius 3 is 2.81 bits per heavy atom. The average molecular weight is 508 g/mol. The second kappa shape index (κ2) is 9.90. The highest BCUT2D eigenvalue weighted by Crippen LogP contribution is 2.27. The highest BCUT2D eigenvalue weighted by molar-refractivity contribution is 6.30. The number of anilines is 3. The van der Waals surface area contributed by atoms with E-state index in [0.29, 0.717) is 52.8 Å². The number of ether oxygens (including phenoxy) is 1. The molecular formula is C25H26ClN7O3. The Balaban J connectivity index is 1.48. The fraction of sp³-hybridized carbons (Fsp3) is 0.280. The number of allylic oxidation sites excluding steroid dienone is 1. The number of carbonyl (C=O) groups excluding carboxylic acids is 2. The van der Waals surface area contributed by atoms with Crippen molar-refractivity contribution >= 4 is 52.6 Å². The monoisotopic (exact) mass is 507 g/mol. The first kappa shape index (κ1) is 23.7. The van der Waals surface area contributed by atoms with Gasteiger partial charge in [-0.3, -0.25) is 4.79 Å². The molecule has 186 valence electrons. The molecule has 2 amide bonds. The van der Waals surface area contributed by atoms with Crippen molar-refractivity contribution in [3.05, 3.63) is 65.0 Å². The lowest BCUT2D eigenvalue weighted by Gasteiger charge is -2.31. The summed E-state index contributed by atoms with van der Waals surface area (Å²) < 4.78 is 6.57. The van der Waals surface area contributed by atoms with Crippen molar-refractivity contribution < 1.29 is 14.3 Å². The minimum absolute atomic E-state index is 0.130. The van der Waals surface area contributed by atoms with E-state index in [2.05, 4.69) is 27.6 Å². The van der Waals surface area contributed by atoms with E-state index in [-0.39, 0.29) is 18.0 Å². The smallest absolute Gasteiger partial charge is 0.409 e. The number of aromatic nitrogens is 3. The molecule has 2 fully saturated rings. The van der Waals surface area contributed by atoms with Gasteiger partial charge >= 0.3 is 6.09 Å². The Morgan fingerprint density at radius 1 is 1.31 bits per heavy atom. The van der Waals surface area contributed by atoms with E-state index in [1.165, 1.54) is 7.11 Å². The maximum absolute atomic E-state index is 12.3. The third-order valence-corrected chi connectivity index (χ3v) is 6.43. The van der Waals surface area contributed by atoms with E-state index in [9.17, 15) is 9.59 Å². The summed E-state index contributed by atoms with van der Waals surface area (Å²) in [6.45, 7) is 5.04. The first-order valence-electron chi connectivity index (χ1n) is 11.6. The number of likely N-dealkylation sites (tertiary alicyclic amines) is 1. The van der Waals surface area contributed by atoms with Crippen LogP contribution in [0.25, 0.3) is 11.7 Å². The topological polar surface area (TPSA) is 113 Å². The van der Waals surface area contributed by atoms with Gasteiger partial charge < -0.3 is 25.6 Å². The summed E-state index contributed by atoms with van der Waals surface area (Å²) in [5.74, 6) is 1.17. The number of hydrogen-bond acceptors (Lipinski definition) is 7. The Labute approximate surface area is 213 Å². The van der Waals surface area contributed by atoms with Crippen LogP contribution in [0.4, 0.5) is 22.1 Å². The molecule has 2 aromatic heterocycles. The van der Waals surface area contributed by atoms with Gasteiger partial charge in [-0.25, -0.2) is 9.78 Å². The van der Waals surface area contributed by atoms with Gasteiger partial charge in [0.25, 0.3) is 5.91 Å². The zero-order valence-electron chi connectivity index (χ0n) is 19.8. The van der Waals surface area contributed by atoms with E-state index < -0.39 is 0 Å². The molecule has 0 bridgehead atoms. The van der Waals surface area contributed by atoms with Crippen LogP contribution < -0.4 is 16.0 Å². The maximum Gasteiger partial charge on any atom is 0.409 e. The van der Waals surface area contributed by atoms with Crippen molar-refractivity contribution in [3.63, 3.8) is 0 Å². The van der Waals surface area contributed by atoms with Gasteiger partial charge in [-0.2, -0.15) is 9.61 Å². The molecule has 10 nitrogen and oxygen atoms in total. The number of fused-ring (bicyclic) bond motifs is 1. The van der Waals surface area contributed by atoms with Crippen LogP contribution in [0.5, 0.6) is 0 Å². The van der Waals surface area contributed by atoms with Crippen molar-refractivity contribution in [1.82, 2.24) is 24.8 Å². The number of benzene rings is 1. The van der Waals surface area contributed by atoms with E-state index in [1.807, 2.05) is 24.3 Å². The number of carbonyl (C=O) groups is 2. The fourth-order valence-corrected chi connectivity index (χ4v) is 4.60. The van der Waals surface area contributed by atoms with Crippen molar-refractivity contribution in [2.75, 3.05) is 30.8 Å². The molecule has 2 saturated heterocycles. The molecule has 11 heteroatoms. The van der Waals surface area contributed by atoms with E-state index in [1.54, 1.807) is 27.8 Å². The second-order valence-electron chi connectivity index (χ2n) is 8.78. The van der Waals surface area contributed by atoms with Gasteiger partial charge in [0.1, 0.15) is 11.6 Å². The lowest BCUT2D eigenvalue weighted by atomic mass is 10.1. The van der Waals surface area contributed by atoms with Crippen LogP contribution in [-0.4, -0.2) is 57.7 Å². The maximum atomic E-state index is 12.3. The van der Waals surface area contributed by atoms with Crippen LogP contribution in [-0.2, 0) is 9.53 Å². The summed E-state index contributed by atoms with van der Waals surface area (Å²) >= 11 is 6.16. The normalized spacial score (nSPS) is 17.5. The lowest BCUT2D eigenvalue weighted by molar-refractivity contribution is -0.115. The minimum atomic E-state index is -0.309. The van der Waals surface area contributed by atoms with Gasteiger partial charge in [-0.05, 0) is 37.1 Å². The Morgan fingerprint density at radius 2 is 2.11 bits per heavy atom. The van der Waals surface area contributed by atoms with Gasteiger partial charge in [-0.15, -0.1) is 0 Å². The number of amides is 2. The molecule has 0 unspecified atom stereocenters. The molecule has 0 saturated carbocycles. The third-order valence-electron chi connectivity index (χ3n) is 6.19. The van der Waals surface area contributed by atoms with E-state index >= 15 is 0 Å². The zero-order valence-corrected chi connectivity index (χ0v) is 20.5. The van der Waals surface area contributed by atoms with Gasteiger partial charge in [-0.1, -0.05) is 24.2 Å². The molecule has 3 aromatic rings. The Hall–Kier alpha value is -4.05. The van der Waals surface area contributed by atoms with Gasteiger partial charge in [0.15, 0.2) is 5.65 Å². The third kappa shape index (κ3) is 4.99. The molecule has 36 heavy (non-hydrogen) atoms. The number of piperidine rings is 1. The zero-order chi connectivity index (χ0) is 25.2. The number of nitrogens with zero attached hydrogens (tertiary/aromatic N) is 4. The molecule has 5 rings (SSSR count). The summed E-state index contributed by atoms with van der Waals surface area (Å²) in [4.78, 5) is 30.6. The quantitative estimate of drug-likeness (QED) is 0.444. The first-order valence-corrected chi connectivity index (χ1v) is 12.0. The molecule has 2 aliphatic heterocycles. The van der Waals surface area contributed by atoms with Gasteiger partial charge in [0.05, 0.1) is 13.3 Å². The van der Waals surface area contributed by atoms with E-state index in [0.717, 1.165) is 24.3 Å². The average Bonchev–Trinajstić information content (AvgIpc) is 3.41. The van der Waals surface area contributed by atoms with Gasteiger partial charge in [0.2, 0.25) is 0 Å². The summed E-state index contributed by atoms with van der Waals surface area (Å²) in [7, 11) is 1.39. The summed E-state index contributed by atoms with van der Waals surface area (Å²) in [6.07, 6.45) is 5.16. The number of hydrogen-bond donors (Lipinski definition) is 3. The van der Waals surface area contributed by atoms with Gasteiger partial charge in [0, 0.05) is 59.2 Å². The molecule has 1 aromatic carbocycles. The number of nitrogens with one attached hydrogen (secondary N) is 3. The summed E-state index contributed by atoms with van der Waals surface area (Å²) in [6, 6.07) is 9.40. The SMILES string of the molecule is C=C1C/C(=C\c2cnn3c(NC4CCN(C(=O)OC)CC4)cc(Nc4cccc(Cl)c4)nc23)C(=O)N1. The van der Waals surface area contributed by atoms with Crippen molar-refractivity contribution in [2.24, 2.45) is 0 Å². The standard InChI is InChI=1S/C25H26ClN7O3/c1-15-10-16(24(34)28-15)11-17-14-27-33-22(30-19-6-8-32(9-7-19)25(35)36-2)13-21(31-23(17)33)29-20-5-3-4-18(26)12-20/h3-5,11-14,19,30H,1,6-10H2,2H3,(H,28,34)(H,29,31)/b16-11+. The molecule has 0 spiro atoms. The molecule has 0 atom stereocenters. The largest absolute Gasteiger partial charge is 0.453 e. The highest BCUT2D eigenvalue weighted by Gasteiger charge is 2.25. The number of halogens is 1. The predicted octanol–water partition coefficient (Wildman–Crippen LogP) is 4.19. The van der Waals surface area contributed by atoms with Crippen LogP contribution in [0.1, 0.15) is 24.8 Å². The number of rotatable bonds is 5. The van der Waals surface area contributed by atoms with Crippen LogP contribution in [0.3, 0.4) is 0 Å². The minimum Gasteiger partial charge on any atom is -0.453 e. The van der Waals surface area contributed by atoms with Crippen molar-refractivity contribution in [3.8, 4) is 0 Å². The van der Waals surface area contributed by atoms with E-state index in [4.69, 9.17) is 21.3 Å². The molecular weight excluding hydrogens is 482 g/mol. The summed E-state index contributed by atoms with van der Waals surface area (Å²) in [5.41, 5.74) is 3.37. The molecule has 4 heterocycles. The fourth-order valence-electron chi connectivity index (χ4n) is 4.41. The van der Waals surface area contributed by atoms with Crippen LogP contribution >= 0.6 is 11.6 Å². The van der Waals surface area contributed by atoms with Crippen LogP contribution in [0.2, 0.25) is 5.02 Å². The van der Waals surface area contributed by atoms with Crippen LogP contribution in [0, 0.1) is 0 Å². The molecule has 3 N–H and O–H groups in total. The van der Waals surface area contributed by atoms with Crippen molar-refractivity contribution in [1.29, 1.82) is 0 Å². The first-order chi connectivity index (χ1) is 17.4. The predicted molar refractivity (Wildman–Crippen MR) is 138 cm³/mol. The highest BCUT2D eigenvalue weighted by atomic mass is 35.5. The Bertz CT molecular complexity index is 1380. The lowest BCUT2D eigenvalue weighted by Crippen LogP contribution is -2.42. The molecule has 2 aliphatic rings. The summed E-state index contributed by atoms with van der Waals surface area (Å²) in [5, 5.41) is 14.8. The second-order valence-corrected chi connectivity index (χ2v) is 9.21.